The summed E-state index contributed by atoms with van der Waals surface area (Å²) in [6.07, 6.45) is 7.48. The number of H-pyrrole nitrogens is 1. The molecule has 1 atom stereocenters. The first-order valence-electron chi connectivity index (χ1n) is 11.2. The van der Waals surface area contributed by atoms with E-state index in [1.165, 1.54) is 0 Å². The zero-order valence-corrected chi connectivity index (χ0v) is 20.1. The van der Waals surface area contributed by atoms with Gasteiger partial charge in [-0.2, -0.15) is 5.10 Å². The number of nitrogens with one attached hydrogen (secondary N) is 1. The third-order valence-corrected chi connectivity index (χ3v) is 6.11. The molecule has 178 valence electrons. The zero-order chi connectivity index (χ0) is 24.6. The van der Waals surface area contributed by atoms with Crippen molar-refractivity contribution in [3.05, 3.63) is 78.0 Å². The molecule has 0 aliphatic rings. The summed E-state index contributed by atoms with van der Waals surface area (Å²) in [6.45, 7) is 4.09. The highest BCUT2D eigenvalue weighted by molar-refractivity contribution is 5.95. The lowest BCUT2D eigenvalue weighted by molar-refractivity contribution is -0.109. The van der Waals surface area contributed by atoms with Gasteiger partial charge in [-0.1, -0.05) is 29.8 Å². The first-order chi connectivity index (χ1) is 16.9. The van der Waals surface area contributed by atoms with E-state index in [-0.39, 0.29) is 12.7 Å². The van der Waals surface area contributed by atoms with E-state index >= 15 is 0 Å². The van der Waals surface area contributed by atoms with Gasteiger partial charge in [0.15, 0.2) is 0 Å². The number of methoxy groups -OCH3 is 1. The Kier molecular flexibility index (Phi) is 5.80. The van der Waals surface area contributed by atoms with Crippen LogP contribution in [0.2, 0.25) is 0 Å². The maximum absolute atomic E-state index is 6.22. The van der Waals surface area contributed by atoms with E-state index in [4.69, 9.17) is 15.2 Å². The number of nitrogens with zero attached hydrogens (tertiary/aromatic N) is 5. The van der Waals surface area contributed by atoms with Crippen LogP contribution in [0.15, 0.2) is 61.2 Å². The molecule has 0 spiro atoms. The van der Waals surface area contributed by atoms with Crippen molar-refractivity contribution in [3.8, 4) is 22.4 Å². The van der Waals surface area contributed by atoms with Crippen molar-refractivity contribution < 1.29 is 9.47 Å². The Balaban J connectivity index is 1.64. The minimum atomic E-state index is -0.904. The number of aromatic amines is 1. The van der Waals surface area contributed by atoms with E-state index in [2.05, 4.69) is 37.2 Å². The molecule has 0 radical (unpaired) electrons. The molecule has 35 heavy (non-hydrogen) atoms. The fourth-order valence-corrected chi connectivity index (χ4v) is 4.22. The molecule has 1 aromatic carbocycles. The van der Waals surface area contributed by atoms with Gasteiger partial charge in [-0.25, -0.2) is 15.0 Å². The van der Waals surface area contributed by atoms with Crippen LogP contribution in [-0.2, 0) is 22.1 Å². The number of hydrogen-bond acceptors (Lipinski definition) is 7. The molecule has 0 bridgehead atoms. The summed E-state index contributed by atoms with van der Waals surface area (Å²) in [4.78, 5) is 17.0. The Morgan fingerprint density at radius 1 is 1.11 bits per heavy atom. The lowest BCUT2D eigenvalue weighted by Gasteiger charge is -2.30. The molecule has 0 saturated carbocycles. The van der Waals surface area contributed by atoms with E-state index in [9.17, 15) is 0 Å². The molecule has 9 nitrogen and oxygen atoms in total. The van der Waals surface area contributed by atoms with Crippen molar-refractivity contribution in [1.82, 2.24) is 29.7 Å². The number of aromatic nitrogens is 6. The number of benzene rings is 1. The lowest BCUT2D eigenvalue weighted by Crippen LogP contribution is -2.30. The second kappa shape index (κ2) is 8.94. The number of aryl methyl sites for hydroxylation is 2. The number of nitrogen functional groups attached to an aromatic ring is 1. The molecule has 3 N–H and O–H groups in total. The SMILES string of the molecule is COCOC(C)(c1cccc(C)c1)c1cc(-c2c[nH]c3ncc(-c4cnn(C)c4)cc23)nc(N)n1. The summed E-state index contributed by atoms with van der Waals surface area (Å²) in [6, 6.07) is 12.1. The van der Waals surface area contributed by atoms with Crippen LogP contribution in [-0.4, -0.2) is 43.6 Å². The number of ether oxygens (including phenoxy) is 2. The molecule has 4 aromatic heterocycles. The third-order valence-electron chi connectivity index (χ3n) is 6.11. The Morgan fingerprint density at radius 2 is 1.97 bits per heavy atom. The van der Waals surface area contributed by atoms with Gasteiger partial charge in [0.2, 0.25) is 5.95 Å². The fraction of sp³-hybridized carbons (Fsp3) is 0.231. The van der Waals surface area contributed by atoms with Gasteiger partial charge in [-0.15, -0.1) is 0 Å². The maximum atomic E-state index is 6.22. The van der Waals surface area contributed by atoms with Gasteiger partial charge >= 0.3 is 0 Å². The van der Waals surface area contributed by atoms with Crippen LogP contribution < -0.4 is 5.73 Å². The molecule has 0 fully saturated rings. The molecule has 0 saturated heterocycles. The molecule has 0 aliphatic heterocycles. The minimum absolute atomic E-state index is 0.0924. The standard InChI is InChI=1S/C26H27N7O2/c1-16-6-5-7-19(8-16)26(2,35-15-34-4)23-10-22(31-25(27)32-23)21-13-29-24-20(21)9-17(11-28-24)18-12-30-33(3)14-18/h5-14H,15H2,1-4H3,(H,28,29)(H2,27,31,32). The van der Waals surface area contributed by atoms with E-state index in [1.54, 1.807) is 11.8 Å². The smallest absolute Gasteiger partial charge is 0.220 e. The number of fused-ring (bicyclic) bond motifs is 1. The van der Waals surface area contributed by atoms with Gasteiger partial charge in [0.05, 0.1) is 17.6 Å². The Morgan fingerprint density at radius 3 is 2.71 bits per heavy atom. The number of nitrogens with two attached hydrogens (primary N) is 1. The Hall–Kier alpha value is -4.08. The molecular weight excluding hydrogens is 442 g/mol. The Bertz CT molecular complexity index is 1510. The second-order valence-electron chi connectivity index (χ2n) is 8.68. The van der Waals surface area contributed by atoms with Crippen LogP contribution in [0.1, 0.15) is 23.7 Å². The van der Waals surface area contributed by atoms with E-state index < -0.39 is 5.60 Å². The second-order valence-corrected chi connectivity index (χ2v) is 8.68. The molecule has 5 rings (SSSR count). The number of anilines is 1. The normalized spacial score (nSPS) is 13.3. The van der Waals surface area contributed by atoms with Crippen molar-refractivity contribution in [2.75, 3.05) is 19.6 Å². The van der Waals surface area contributed by atoms with Gasteiger partial charge in [0.25, 0.3) is 0 Å². The summed E-state index contributed by atoms with van der Waals surface area (Å²) in [5, 5.41) is 5.19. The van der Waals surface area contributed by atoms with Crippen LogP contribution in [0.4, 0.5) is 5.95 Å². The molecule has 1 unspecified atom stereocenters. The van der Waals surface area contributed by atoms with Gasteiger partial charge in [0, 0.05) is 54.8 Å². The Labute approximate surface area is 203 Å². The maximum Gasteiger partial charge on any atom is 0.220 e. The number of hydrogen-bond donors (Lipinski definition) is 2. The molecule has 5 aromatic rings. The summed E-state index contributed by atoms with van der Waals surface area (Å²) in [5.41, 5.74) is 12.2. The quantitative estimate of drug-likeness (QED) is 0.343. The van der Waals surface area contributed by atoms with Gasteiger partial charge in [0.1, 0.15) is 18.0 Å². The zero-order valence-electron chi connectivity index (χ0n) is 20.1. The first-order valence-corrected chi connectivity index (χ1v) is 11.2. The first kappa shape index (κ1) is 22.7. The minimum Gasteiger partial charge on any atom is -0.368 e. The van der Waals surface area contributed by atoms with Crippen LogP contribution in [0, 0.1) is 6.92 Å². The molecule has 4 heterocycles. The molecule has 0 amide bonds. The summed E-state index contributed by atoms with van der Waals surface area (Å²) >= 11 is 0. The van der Waals surface area contributed by atoms with E-state index in [0.29, 0.717) is 11.4 Å². The highest BCUT2D eigenvalue weighted by Gasteiger charge is 2.33. The third kappa shape index (κ3) is 4.27. The lowest BCUT2D eigenvalue weighted by atomic mass is 9.90. The monoisotopic (exact) mass is 469 g/mol. The number of pyridine rings is 1. The van der Waals surface area contributed by atoms with E-state index in [0.717, 1.165) is 38.9 Å². The molecule has 9 heteroatoms. The fourth-order valence-electron chi connectivity index (χ4n) is 4.22. The molecular formula is C26H27N7O2. The highest BCUT2D eigenvalue weighted by atomic mass is 16.7. The van der Waals surface area contributed by atoms with Crippen molar-refractivity contribution in [2.24, 2.45) is 7.05 Å². The predicted octanol–water partition coefficient (Wildman–Crippen LogP) is 4.20. The van der Waals surface area contributed by atoms with Gasteiger partial charge in [-0.3, -0.25) is 4.68 Å². The average Bonchev–Trinajstić information content (AvgIpc) is 3.48. The largest absolute Gasteiger partial charge is 0.368 e. The topological polar surface area (TPSA) is 117 Å². The summed E-state index contributed by atoms with van der Waals surface area (Å²) in [5.74, 6) is 0.156. The number of rotatable bonds is 7. The van der Waals surface area contributed by atoms with Crippen molar-refractivity contribution in [2.45, 2.75) is 19.4 Å². The summed E-state index contributed by atoms with van der Waals surface area (Å²) < 4.78 is 13.2. The van der Waals surface area contributed by atoms with Crippen molar-refractivity contribution in [3.63, 3.8) is 0 Å². The molecule has 0 aliphatic carbocycles. The highest BCUT2D eigenvalue weighted by Crippen LogP contribution is 2.36. The van der Waals surface area contributed by atoms with Crippen molar-refractivity contribution in [1.29, 1.82) is 0 Å². The average molecular weight is 470 g/mol. The van der Waals surface area contributed by atoms with Crippen LogP contribution >= 0.6 is 0 Å². The van der Waals surface area contributed by atoms with E-state index in [1.807, 2.05) is 69.9 Å². The van der Waals surface area contributed by atoms with Crippen LogP contribution in [0.3, 0.4) is 0 Å². The van der Waals surface area contributed by atoms with Gasteiger partial charge < -0.3 is 20.2 Å². The van der Waals surface area contributed by atoms with Gasteiger partial charge in [-0.05, 0) is 31.5 Å². The van der Waals surface area contributed by atoms with Crippen LogP contribution in [0.25, 0.3) is 33.4 Å². The summed E-state index contributed by atoms with van der Waals surface area (Å²) in [7, 11) is 3.48. The predicted molar refractivity (Wildman–Crippen MR) is 134 cm³/mol. The van der Waals surface area contributed by atoms with Crippen LogP contribution in [0.5, 0.6) is 0 Å². The van der Waals surface area contributed by atoms with Crippen molar-refractivity contribution >= 4 is 17.0 Å².